The molecule has 0 aliphatic heterocycles. The lowest BCUT2D eigenvalue weighted by atomic mass is 10.2. The quantitative estimate of drug-likeness (QED) is 0.379. The molecule has 1 aliphatic rings. The summed E-state index contributed by atoms with van der Waals surface area (Å²) in [5, 5.41) is 26.0. The van der Waals surface area contributed by atoms with E-state index in [2.05, 4.69) is 36.3 Å². The van der Waals surface area contributed by atoms with E-state index < -0.39 is 16.8 Å². The van der Waals surface area contributed by atoms with E-state index in [-0.39, 0.29) is 47.4 Å². The Bertz CT molecular complexity index is 1050. The zero-order chi connectivity index (χ0) is 20.8. The summed E-state index contributed by atoms with van der Waals surface area (Å²) in [7, 11) is 0. The predicted molar refractivity (Wildman–Crippen MR) is 92.9 cm³/mol. The van der Waals surface area contributed by atoms with Crippen LogP contribution in [0.25, 0.3) is 0 Å². The van der Waals surface area contributed by atoms with Gasteiger partial charge in [-0.3, -0.25) is 19.5 Å². The van der Waals surface area contributed by atoms with Gasteiger partial charge in [-0.15, -0.1) is 10.2 Å². The highest BCUT2D eigenvalue weighted by Crippen LogP contribution is 2.47. The second-order valence-corrected chi connectivity index (χ2v) is 7.33. The molecular weight excluding hydrogens is 463 g/mol. The van der Waals surface area contributed by atoms with Crippen LogP contribution < -0.4 is 0 Å². The molecule has 4 rings (SSSR count). The van der Waals surface area contributed by atoms with Crippen molar-refractivity contribution in [1.82, 2.24) is 29.8 Å². The first-order chi connectivity index (χ1) is 13.7. The van der Waals surface area contributed by atoms with Crippen molar-refractivity contribution in [1.29, 1.82) is 0 Å². The fraction of sp³-hybridized carbons (Fsp3) is 0.467. The van der Waals surface area contributed by atoms with Crippen LogP contribution in [0.15, 0.2) is 21.3 Å². The van der Waals surface area contributed by atoms with Gasteiger partial charge in [0.25, 0.3) is 0 Å². The molecule has 3 heterocycles. The van der Waals surface area contributed by atoms with E-state index in [9.17, 15) is 23.3 Å². The first-order valence-electron chi connectivity index (χ1n) is 8.54. The fourth-order valence-electron chi connectivity index (χ4n) is 2.86. The van der Waals surface area contributed by atoms with Gasteiger partial charge in [-0.2, -0.15) is 23.4 Å². The van der Waals surface area contributed by atoms with Gasteiger partial charge in [0, 0.05) is 18.9 Å². The lowest BCUT2D eigenvalue weighted by Crippen LogP contribution is -2.10. The van der Waals surface area contributed by atoms with Gasteiger partial charge in [0.2, 0.25) is 11.8 Å². The lowest BCUT2D eigenvalue weighted by molar-refractivity contribution is -0.385. The van der Waals surface area contributed by atoms with Gasteiger partial charge in [0.05, 0.1) is 15.1 Å². The van der Waals surface area contributed by atoms with Gasteiger partial charge in [-0.25, -0.2) is 0 Å². The number of halogens is 4. The normalized spacial score (nSPS) is 14.5. The molecule has 10 nitrogen and oxygen atoms in total. The van der Waals surface area contributed by atoms with Crippen molar-refractivity contribution in [2.75, 3.05) is 0 Å². The molecule has 1 saturated carbocycles. The third-order valence-electron chi connectivity index (χ3n) is 4.34. The summed E-state index contributed by atoms with van der Waals surface area (Å²) in [4.78, 5) is 10.1. The Labute approximate surface area is 169 Å². The highest BCUT2D eigenvalue weighted by atomic mass is 79.9. The molecule has 0 atom stereocenters. The number of hydrogen-bond acceptors (Lipinski definition) is 7. The van der Waals surface area contributed by atoms with E-state index in [1.165, 1.54) is 15.6 Å². The Morgan fingerprint density at radius 3 is 2.66 bits per heavy atom. The third-order valence-corrected chi connectivity index (χ3v) is 5.12. The molecule has 1 fully saturated rings. The maximum absolute atomic E-state index is 13.2. The molecule has 29 heavy (non-hydrogen) atoms. The van der Waals surface area contributed by atoms with Gasteiger partial charge in [0.1, 0.15) is 18.9 Å². The van der Waals surface area contributed by atoms with E-state index >= 15 is 0 Å². The zero-order valence-corrected chi connectivity index (χ0v) is 16.2. The Morgan fingerprint density at radius 2 is 2.03 bits per heavy atom. The fourth-order valence-corrected chi connectivity index (χ4v) is 3.69. The van der Waals surface area contributed by atoms with Crippen LogP contribution in [0.2, 0.25) is 0 Å². The number of aromatic nitrogens is 6. The summed E-state index contributed by atoms with van der Waals surface area (Å²) in [5.41, 5.74) is -0.631. The number of alkyl halides is 3. The van der Waals surface area contributed by atoms with Crippen LogP contribution in [0.3, 0.4) is 0 Å². The van der Waals surface area contributed by atoms with Crippen LogP contribution in [0.1, 0.15) is 41.9 Å². The molecule has 0 unspecified atom stereocenters. The molecule has 3 aromatic heterocycles. The van der Waals surface area contributed by atoms with Crippen LogP contribution in [-0.4, -0.2) is 34.7 Å². The number of nitro groups is 1. The highest BCUT2D eigenvalue weighted by molar-refractivity contribution is 9.10. The second-order valence-electron chi connectivity index (χ2n) is 6.54. The van der Waals surface area contributed by atoms with E-state index in [4.69, 9.17) is 4.42 Å². The largest absolute Gasteiger partial charge is 0.436 e. The van der Waals surface area contributed by atoms with Gasteiger partial charge >= 0.3 is 11.9 Å². The predicted octanol–water partition coefficient (Wildman–Crippen LogP) is 3.32. The molecule has 154 valence electrons. The standard InChI is InChI=1S/C15H13BrF3N7O3/c16-12-13(8-1-2-8)25(23-14(12)15(17,18)19)7-11-22-21-10(29-11)3-4-24-6-9(5-20-24)26(27)28/h5-6,8H,1-4,7H2. The van der Waals surface area contributed by atoms with Crippen molar-refractivity contribution in [2.45, 2.75) is 44.4 Å². The molecule has 0 amide bonds. The van der Waals surface area contributed by atoms with Crippen LogP contribution in [-0.2, 0) is 25.7 Å². The van der Waals surface area contributed by atoms with Crippen molar-refractivity contribution in [2.24, 2.45) is 0 Å². The monoisotopic (exact) mass is 475 g/mol. The molecule has 0 aromatic carbocycles. The summed E-state index contributed by atoms with van der Waals surface area (Å²) >= 11 is 3.03. The van der Waals surface area contributed by atoms with Gasteiger partial charge in [-0.05, 0) is 28.8 Å². The van der Waals surface area contributed by atoms with E-state index in [0.717, 1.165) is 19.0 Å². The molecule has 0 bridgehead atoms. The summed E-state index contributed by atoms with van der Waals surface area (Å²) in [5.74, 6) is 0.386. The molecule has 1 aliphatic carbocycles. The summed E-state index contributed by atoms with van der Waals surface area (Å²) in [6.07, 6.45) is -0.303. The number of nitrogens with zero attached hydrogens (tertiary/aromatic N) is 7. The van der Waals surface area contributed by atoms with Crippen molar-refractivity contribution in [3.05, 3.63) is 50.2 Å². The smallest absolute Gasteiger partial charge is 0.423 e. The van der Waals surface area contributed by atoms with Gasteiger partial charge in [0.15, 0.2) is 5.69 Å². The maximum atomic E-state index is 13.2. The zero-order valence-electron chi connectivity index (χ0n) is 14.6. The molecular formula is C15H13BrF3N7O3. The first-order valence-corrected chi connectivity index (χ1v) is 9.33. The SMILES string of the molecule is O=[N+]([O-])c1cnn(CCc2nnc(Cn3nc(C(F)(F)F)c(Br)c3C3CC3)o2)c1. The molecule has 0 N–H and O–H groups in total. The average molecular weight is 476 g/mol. The second kappa shape index (κ2) is 7.24. The number of aryl methyl sites for hydroxylation is 2. The average Bonchev–Trinajstić information content (AvgIpc) is 3.05. The van der Waals surface area contributed by atoms with Gasteiger partial charge < -0.3 is 4.42 Å². The molecule has 0 saturated heterocycles. The summed E-state index contributed by atoms with van der Waals surface area (Å²) in [6, 6.07) is 0. The van der Waals surface area contributed by atoms with E-state index in [1.807, 2.05) is 0 Å². The van der Waals surface area contributed by atoms with Crippen LogP contribution >= 0.6 is 15.9 Å². The summed E-state index contributed by atoms with van der Waals surface area (Å²) < 4.78 is 47.6. The maximum Gasteiger partial charge on any atom is 0.436 e. The van der Waals surface area contributed by atoms with Crippen LogP contribution in [0, 0.1) is 10.1 Å². The van der Waals surface area contributed by atoms with Crippen LogP contribution in [0.4, 0.5) is 18.9 Å². The number of rotatable bonds is 7. The van der Waals surface area contributed by atoms with E-state index in [0.29, 0.717) is 5.69 Å². The minimum atomic E-state index is -4.57. The highest BCUT2D eigenvalue weighted by Gasteiger charge is 2.41. The lowest BCUT2D eigenvalue weighted by Gasteiger charge is -2.03. The molecule has 0 radical (unpaired) electrons. The minimum absolute atomic E-state index is 0.0194. The molecule has 14 heteroatoms. The van der Waals surface area contributed by atoms with Crippen molar-refractivity contribution < 1.29 is 22.5 Å². The van der Waals surface area contributed by atoms with Gasteiger partial charge in [-0.1, -0.05) is 0 Å². The Hall–Kier alpha value is -2.77. The van der Waals surface area contributed by atoms with Crippen molar-refractivity contribution >= 4 is 21.6 Å². The summed E-state index contributed by atoms with van der Waals surface area (Å²) in [6.45, 7) is 0.190. The topological polar surface area (TPSA) is 118 Å². The number of hydrogen-bond donors (Lipinski definition) is 0. The Kier molecular flexibility index (Phi) is 4.88. The van der Waals surface area contributed by atoms with Crippen molar-refractivity contribution in [3.8, 4) is 0 Å². The minimum Gasteiger partial charge on any atom is -0.423 e. The first kappa shape index (κ1) is 19.5. The Balaban J connectivity index is 1.47. The third kappa shape index (κ3) is 4.16. The van der Waals surface area contributed by atoms with Crippen LogP contribution in [0.5, 0.6) is 0 Å². The molecule has 0 spiro atoms. The van der Waals surface area contributed by atoms with E-state index in [1.54, 1.807) is 0 Å². The van der Waals surface area contributed by atoms with Crippen molar-refractivity contribution in [3.63, 3.8) is 0 Å². The molecule has 3 aromatic rings. The Morgan fingerprint density at radius 1 is 1.31 bits per heavy atom.